The minimum atomic E-state index is -1.01. The van der Waals surface area contributed by atoms with E-state index in [4.69, 9.17) is 5.11 Å². The topological polar surface area (TPSA) is 60.9 Å². The van der Waals surface area contributed by atoms with Crippen LogP contribution in [0.3, 0.4) is 0 Å². The molecule has 0 aliphatic heterocycles. The Morgan fingerprint density at radius 3 is 2.37 bits per heavy atom. The average Bonchev–Trinajstić information content (AvgIpc) is 2.34. The molecule has 1 aromatic carbocycles. The standard InChI is InChI=1S/C14H20N2O3/c1-10(2)16(9-13(17)18)14(19)11-6-5-7-12(8-11)15(3)4/h5-8,10H,9H2,1-4H3,(H,17,18). The van der Waals surface area contributed by atoms with E-state index >= 15 is 0 Å². The Balaban J connectivity index is 3.02. The van der Waals surface area contributed by atoms with Gasteiger partial charge >= 0.3 is 5.97 Å². The maximum absolute atomic E-state index is 12.3. The molecule has 0 aromatic heterocycles. The predicted molar refractivity (Wildman–Crippen MR) is 74.6 cm³/mol. The average molecular weight is 264 g/mol. The van der Waals surface area contributed by atoms with E-state index in [9.17, 15) is 9.59 Å². The molecule has 0 heterocycles. The summed E-state index contributed by atoms with van der Waals surface area (Å²) in [7, 11) is 3.78. The molecular formula is C14H20N2O3. The van der Waals surface area contributed by atoms with E-state index < -0.39 is 5.97 Å². The van der Waals surface area contributed by atoms with E-state index in [0.717, 1.165) is 5.69 Å². The van der Waals surface area contributed by atoms with Gasteiger partial charge in [-0.2, -0.15) is 0 Å². The van der Waals surface area contributed by atoms with Gasteiger partial charge in [-0.05, 0) is 32.0 Å². The van der Waals surface area contributed by atoms with Gasteiger partial charge in [0.25, 0.3) is 5.91 Å². The van der Waals surface area contributed by atoms with E-state index in [1.807, 2.05) is 25.1 Å². The van der Waals surface area contributed by atoms with Crippen LogP contribution in [0.15, 0.2) is 24.3 Å². The summed E-state index contributed by atoms with van der Waals surface area (Å²) in [4.78, 5) is 26.4. The van der Waals surface area contributed by atoms with Crippen LogP contribution in [0.1, 0.15) is 24.2 Å². The Hall–Kier alpha value is -2.04. The van der Waals surface area contributed by atoms with Gasteiger partial charge in [0, 0.05) is 31.4 Å². The zero-order valence-electron chi connectivity index (χ0n) is 11.8. The Kier molecular flexibility index (Phi) is 4.92. The first kappa shape index (κ1) is 15.0. The minimum absolute atomic E-state index is 0.161. The van der Waals surface area contributed by atoms with Crippen molar-refractivity contribution in [2.24, 2.45) is 0 Å². The summed E-state index contributed by atoms with van der Waals surface area (Å²) in [5.41, 5.74) is 1.41. The molecule has 19 heavy (non-hydrogen) atoms. The van der Waals surface area contributed by atoms with Crippen LogP contribution in [0.4, 0.5) is 5.69 Å². The molecule has 0 saturated carbocycles. The molecule has 0 saturated heterocycles. The lowest BCUT2D eigenvalue weighted by Crippen LogP contribution is -2.40. The SMILES string of the molecule is CC(C)N(CC(=O)O)C(=O)c1cccc(N(C)C)c1. The quantitative estimate of drug-likeness (QED) is 0.879. The van der Waals surface area contributed by atoms with Crippen LogP contribution in [0, 0.1) is 0 Å². The lowest BCUT2D eigenvalue weighted by molar-refractivity contribution is -0.138. The Morgan fingerprint density at radius 1 is 1.26 bits per heavy atom. The number of carboxylic acids is 1. The number of nitrogens with zero attached hydrogens (tertiary/aromatic N) is 2. The molecule has 0 radical (unpaired) electrons. The Labute approximate surface area is 113 Å². The largest absolute Gasteiger partial charge is 0.480 e. The van der Waals surface area contributed by atoms with Gasteiger partial charge in [-0.1, -0.05) is 6.07 Å². The minimum Gasteiger partial charge on any atom is -0.480 e. The number of carbonyl (C=O) groups is 2. The lowest BCUT2D eigenvalue weighted by atomic mass is 10.1. The lowest BCUT2D eigenvalue weighted by Gasteiger charge is -2.25. The summed E-state index contributed by atoms with van der Waals surface area (Å²) in [6, 6.07) is 6.99. The third-order valence-electron chi connectivity index (χ3n) is 2.80. The van der Waals surface area contributed by atoms with Crippen LogP contribution in [0.25, 0.3) is 0 Å². The molecule has 0 unspecified atom stereocenters. The van der Waals surface area contributed by atoms with Gasteiger partial charge in [-0.25, -0.2) is 0 Å². The molecule has 1 aromatic rings. The van der Waals surface area contributed by atoms with Gasteiger partial charge in [0.2, 0.25) is 0 Å². The van der Waals surface area contributed by atoms with Crippen LogP contribution in [0.5, 0.6) is 0 Å². The summed E-state index contributed by atoms with van der Waals surface area (Å²) >= 11 is 0. The molecule has 0 aliphatic carbocycles. The van der Waals surface area contributed by atoms with E-state index in [2.05, 4.69) is 0 Å². The first-order chi connectivity index (χ1) is 8.82. The second-order valence-corrected chi connectivity index (χ2v) is 4.87. The Bertz CT molecular complexity index is 470. The smallest absolute Gasteiger partial charge is 0.323 e. The number of hydrogen-bond donors (Lipinski definition) is 1. The Morgan fingerprint density at radius 2 is 1.89 bits per heavy atom. The highest BCUT2D eigenvalue weighted by atomic mass is 16.4. The summed E-state index contributed by atoms with van der Waals surface area (Å²) in [6.07, 6.45) is 0. The highest BCUT2D eigenvalue weighted by Crippen LogP contribution is 2.16. The monoisotopic (exact) mass is 264 g/mol. The molecule has 0 fully saturated rings. The van der Waals surface area contributed by atoms with Crippen LogP contribution in [0.2, 0.25) is 0 Å². The fourth-order valence-electron chi connectivity index (χ4n) is 1.72. The number of carbonyl (C=O) groups excluding carboxylic acids is 1. The first-order valence-electron chi connectivity index (χ1n) is 6.13. The van der Waals surface area contributed by atoms with Gasteiger partial charge in [0.15, 0.2) is 0 Å². The summed E-state index contributed by atoms with van der Waals surface area (Å²) < 4.78 is 0. The van der Waals surface area contributed by atoms with E-state index in [1.165, 1.54) is 4.90 Å². The number of carboxylic acid groups (broad SMARTS) is 1. The van der Waals surface area contributed by atoms with Crippen molar-refractivity contribution in [3.05, 3.63) is 29.8 Å². The molecule has 1 rings (SSSR count). The molecule has 1 amide bonds. The molecule has 104 valence electrons. The maximum Gasteiger partial charge on any atom is 0.323 e. The number of rotatable bonds is 5. The number of aliphatic carboxylic acids is 1. The van der Waals surface area contributed by atoms with Crippen LogP contribution in [-0.4, -0.2) is 48.6 Å². The molecule has 0 spiro atoms. The van der Waals surface area contributed by atoms with Crippen LogP contribution in [-0.2, 0) is 4.79 Å². The highest BCUT2D eigenvalue weighted by Gasteiger charge is 2.21. The third kappa shape index (κ3) is 3.98. The molecule has 5 heteroatoms. The third-order valence-corrected chi connectivity index (χ3v) is 2.80. The summed E-state index contributed by atoms with van der Waals surface area (Å²) in [5, 5.41) is 8.87. The van der Waals surface area contributed by atoms with Crippen molar-refractivity contribution >= 4 is 17.6 Å². The van der Waals surface area contributed by atoms with Gasteiger partial charge in [0.05, 0.1) is 0 Å². The van der Waals surface area contributed by atoms with Crippen molar-refractivity contribution in [2.45, 2.75) is 19.9 Å². The van der Waals surface area contributed by atoms with Crippen molar-refractivity contribution < 1.29 is 14.7 Å². The molecule has 0 atom stereocenters. The zero-order chi connectivity index (χ0) is 14.6. The summed E-state index contributed by atoms with van der Waals surface area (Å²) in [5.74, 6) is -1.27. The van der Waals surface area contributed by atoms with E-state index in [0.29, 0.717) is 5.56 Å². The predicted octanol–water partition coefficient (Wildman–Crippen LogP) is 1.69. The van der Waals surface area contributed by atoms with Gasteiger partial charge < -0.3 is 14.9 Å². The molecule has 5 nitrogen and oxygen atoms in total. The number of anilines is 1. The molecule has 0 bridgehead atoms. The van der Waals surface area contributed by atoms with Crippen LogP contribution >= 0.6 is 0 Å². The van der Waals surface area contributed by atoms with Gasteiger partial charge in [-0.15, -0.1) is 0 Å². The second-order valence-electron chi connectivity index (χ2n) is 4.87. The number of benzene rings is 1. The molecular weight excluding hydrogens is 244 g/mol. The summed E-state index contributed by atoms with van der Waals surface area (Å²) in [6.45, 7) is 3.32. The maximum atomic E-state index is 12.3. The fraction of sp³-hybridized carbons (Fsp3) is 0.429. The first-order valence-corrected chi connectivity index (χ1v) is 6.13. The van der Waals surface area contributed by atoms with Crippen molar-refractivity contribution in [2.75, 3.05) is 25.5 Å². The van der Waals surface area contributed by atoms with E-state index in [1.54, 1.807) is 32.0 Å². The normalized spacial score (nSPS) is 10.4. The molecule has 1 N–H and O–H groups in total. The molecule has 0 aliphatic rings. The second kappa shape index (κ2) is 6.22. The van der Waals surface area contributed by atoms with E-state index in [-0.39, 0.29) is 18.5 Å². The van der Waals surface area contributed by atoms with Crippen molar-refractivity contribution in [1.29, 1.82) is 0 Å². The van der Waals surface area contributed by atoms with Gasteiger partial charge in [0.1, 0.15) is 6.54 Å². The highest BCUT2D eigenvalue weighted by molar-refractivity contribution is 5.96. The number of amides is 1. The van der Waals surface area contributed by atoms with Crippen molar-refractivity contribution in [3.63, 3.8) is 0 Å². The number of hydrogen-bond acceptors (Lipinski definition) is 3. The van der Waals surface area contributed by atoms with Crippen molar-refractivity contribution in [1.82, 2.24) is 4.90 Å². The van der Waals surface area contributed by atoms with Crippen LogP contribution < -0.4 is 4.90 Å². The zero-order valence-corrected chi connectivity index (χ0v) is 11.8. The van der Waals surface area contributed by atoms with Gasteiger partial charge in [-0.3, -0.25) is 9.59 Å². The fourth-order valence-corrected chi connectivity index (χ4v) is 1.72. The van der Waals surface area contributed by atoms with Crippen molar-refractivity contribution in [3.8, 4) is 0 Å².